The zero-order valence-electron chi connectivity index (χ0n) is 11.1. The number of aliphatic hydroxyl groups is 1. The zero-order valence-corrected chi connectivity index (χ0v) is 11.8. The molecule has 2 aromatic carbocycles. The van der Waals surface area contributed by atoms with Crippen molar-refractivity contribution in [2.24, 2.45) is 0 Å². The van der Waals surface area contributed by atoms with E-state index in [1.807, 2.05) is 18.2 Å². The highest BCUT2D eigenvalue weighted by molar-refractivity contribution is 6.31. The van der Waals surface area contributed by atoms with Crippen molar-refractivity contribution in [3.63, 3.8) is 0 Å². The molecule has 0 fully saturated rings. The topological polar surface area (TPSA) is 20.2 Å². The molecular weight excluding hydrogens is 275 g/mol. The Hall–Kier alpha value is -1.38. The first-order chi connectivity index (χ1) is 9.57. The Bertz CT molecular complexity index is 641. The summed E-state index contributed by atoms with van der Waals surface area (Å²) in [6.07, 6.45) is 2.50. The van der Waals surface area contributed by atoms with Gasteiger partial charge < -0.3 is 5.11 Å². The highest BCUT2D eigenvalue weighted by Crippen LogP contribution is 2.33. The fourth-order valence-electron chi connectivity index (χ4n) is 2.97. The molecule has 1 N–H and O–H groups in total. The molecule has 0 saturated heterocycles. The molecule has 3 rings (SSSR count). The maximum absolute atomic E-state index is 13.5. The fraction of sp³-hybridized carbons (Fsp3) is 0.294. The van der Waals surface area contributed by atoms with Gasteiger partial charge in [0.25, 0.3) is 0 Å². The van der Waals surface area contributed by atoms with Gasteiger partial charge in [0.05, 0.1) is 10.6 Å². The summed E-state index contributed by atoms with van der Waals surface area (Å²) in [5, 5.41) is 10.9. The van der Waals surface area contributed by atoms with Crippen LogP contribution in [0, 0.1) is 5.82 Å². The Morgan fingerprint density at radius 2 is 1.85 bits per heavy atom. The van der Waals surface area contributed by atoms with Crippen molar-refractivity contribution in [1.82, 2.24) is 0 Å². The summed E-state index contributed by atoms with van der Waals surface area (Å²) in [7, 11) is 0. The molecule has 0 amide bonds. The number of benzene rings is 2. The molecule has 0 spiro atoms. The van der Waals surface area contributed by atoms with Gasteiger partial charge in [-0.1, -0.05) is 48.0 Å². The standard InChI is InChI=1S/C17H16ClFO/c18-16-14(6-3-7-15(16)19)11-17(20)9-8-12-4-1-2-5-13(12)10-17/h1-7,20H,8-11H2. The summed E-state index contributed by atoms with van der Waals surface area (Å²) in [5.41, 5.74) is 2.30. The molecule has 1 atom stereocenters. The molecule has 0 radical (unpaired) electrons. The van der Waals surface area contributed by atoms with E-state index in [9.17, 15) is 9.50 Å². The summed E-state index contributed by atoms with van der Waals surface area (Å²) < 4.78 is 13.5. The van der Waals surface area contributed by atoms with Gasteiger partial charge in [-0.3, -0.25) is 0 Å². The highest BCUT2D eigenvalue weighted by Gasteiger charge is 2.32. The largest absolute Gasteiger partial charge is 0.389 e. The quantitative estimate of drug-likeness (QED) is 0.888. The van der Waals surface area contributed by atoms with Crippen molar-refractivity contribution in [2.75, 3.05) is 0 Å². The molecule has 0 saturated carbocycles. The van der Waals surface area contributed by atoms with Crippen LogP contribution in [-0.2, 0) is 19.3 Å². The Balaban J connectivity index is 1.86. The molecule has 0 heterocycles. The van der Waals surface area contributed by atoms with Crippen LogP contribution < -0.4 is 0 Å². The van der Waals surface area contributed by atoms with Crippen molar-refractivity contribution < 1.29 is 9.50 Å². The van der Waals surface area contributed by atoms with Gasteiger partial charge in [-0.2, -0.15) is 0 Å². The van der Waals surface area contributed by atoms with Gasteiger partial charge in [-0.05, 0) is 35.6 Å². The molecule has 2 aromatic rings. The predicted molar refractivity (Wildman–Crippen MR) is 78.5 cm³/mol. The smallest absolute Gasteiger partial charge is 0.142 e. The second-order valence-electron chi connectivity index (χ2n) is 5.56. The lowest BCUT2D eigenvalue weighted by Crippen LogP contribution is -2.38. The van der Waals surface area contributed by atoms with E-state index < -0.39 is 11.4 Å². The number of hydrogen-bond acceptors (Lipinski definition) is 1. The molecular formula is C17H16ClFO. The molecule has 1 unspecified atom stereocenters. The van der Waals surface area contributed by atoms with Gasteiger partial charge in [0.2, 0.25) is 0 Å². The van der Waals surface area contributed by atoms with Crippen molar-refractivity contribution in [3.8, 4) is 0 Å². The normalized spacial score (nSPS) is 21.6. The Kier molecular flexibility index (Phi) is 3.53. The van der Waals surface area contributed by atoms with Crippen LogP contribution in [0.5, 0.6) is 0 Å². The Labute approximate surface area is 123 Å². The predicted octanol–water partition coefficient (Wildman–Crippen LogP) is 3.94. The van der Waals surface area contributed by atoms with E-state index in [2.05, 4.69) is 6.07 Å². The third-order valence-corrected chi connectivity index (χ3v) is 4.47. The first-order valence-electron chi connectivity index (χ1n) is 6.79. The zero-order chi connectivity index (χ0) is 14.2. The maximum atomic E-state index is 13.5. The molecule has 0 aliphatic heterocycles. The number of hydrogen-bond donors (Lipinski definition) is 1. The minimum Gasteiger partial charge on any atom is -0.389 e. The first kappa shape index (κ1) is 13.6. The van der Waals surface area contributed by atoms with Gasteiger partial charge in [0, 0.05) is 12.8 Å². The van der Waals surface area contributed by atoms with Crippen molar-refractivity contribution >= 4 is 11.6 Å². The molecule has 1 nitrogen and oxygen atoms in total. The highest BCUT2D eigenvalue weighted by atomic mass is 35.5. The van der Waals surface area contributed by atoms with Crippen LogP contribution in [-0.4, -0.2) is 10.7 Å². The van der Waals surface area contributed by atoms with Crippen LogP contribution >= 0.6 is 11.6 Å². The minimum atomic E-state index is -0.841. The van der Waals surface area contributed by atoms with Gasteiger partial charge in [0.15, 0.2) is 0 Å². The average molecular weight is 291 g/mol. The first-order valence-corrected chi connectivity index (χ1v) is 7.17. The lowest BCUT2D eigenvalue weighted by atomic mass is 9.77. The van der Waals surface area contributed by atoms with Crippen molar-refractivity contribution in [2.45, 2.75) is 31.3 Å². The molecule has 0 bridgehead atoms. The monoisotopic (exact) mass is 290 g/mol. The SMILES string of the molecule is OC1(Cc2cccc(F)c2Cl)CCc2ccccc2C1. The van der Waals surface area contributed by atoms with E-state index >= 15 is 0 Å². The van der Waals surface area contributed by atoms with Gasteiger partial charge in [-0.25, -0.2) is 4.39 Å². The number of halogens is 2. The maximum Gasteiger partial charge on any atom is 0.142 e. The van der Waals surface area contributed by atoms with Gasteiger partial charge >= 0.3 is 0 Å². The number of aryl methyl sites for hydroxylation is 1. The number of fused-ring (bicyclic) bond motifs is 1. The molecule has 1 aliphatic carbocycles. The van der Waals surface area contributed by atoms with Crippen LogP contribution in [0.1, 0.15) is 23.1 Å². The number of rotatable bonds is 2. The van der Waals surface area contributed by atoms with Crippen LogP contribution in [0.25, 0.3) is 0 Å². The summed E-state index contributed by atoms with van der Waals surface area (Å²) in [6.45, 7) is 0. The molecule has 20 heavy (non-hydrogen) atoms. The average Bonchev–Trinajstić information content (AvgIpc) is 2.44. The summed E-state index contributed by atoms with van der Waals surface area (Å²) in [4.78, 5) is 0. The van der Waals surface area contributed by atoms with E-state index in [0.717, 1.165) is 6.42 Å². The van der Waals surface area contributed by atoms with Gasteiger partial charge in [-0.15, -0.1) is 0 Å². The molecule has 104 valence electrons. The van der Waals surface area contributed by atoms with Crippen LogP contribution in [0.3, 0.4) is 0 Å². The van der Waals surface area contributed by atoms with Crippen LogP contribution in [0.4, 0.5) is 4.39 Å². The fourth-order valence-corrected chi connectivity index (χ4v) is 3.17. The summed E-state index contributed by atoms with van der Waals surface area (Å²) in [6, 6.07) is 12.9. The van der Waals surface area contributed by atoms with Crippen LogP contribution in [0.2, 0.25) is 5.02 Å². The lowest BCUT2D eigenvalue weighted by molar-refractivity contribution is 0.0267. The summed E-state index contributed by atoms with van der Waals surface area (Å²) in [5.74, 6) is -0.427. The summed E-state index contributed by atoms with van der Waals surface area (Å²) >= 11 is 5.99. The Morgan fingerprint density at radius 1 is 1.10 bits per heavy atom. The van der Waals surface area contributed by atoms with Crippen LogP contribution in [0.15, 0.2) is 42.5 Å². The van der Waals surface area contributed by atoms with Gasteiger partial charge in [0.1, 0.15) is 5.82 Å². The second-order valence-corrected chi connectivity index (χ2v) is 5.94. The third-order valence-electron chi connectivity index (χ3n) is 4.05. The van der Waals surface area contributed by atoms with E-state index in [-0.39, 0.29) is 5.02 Å². The molecule has 3 heteroatoms. The lowest BCUT2D eigenvalue weighted by Gasteiger charge is -2.34. The third kappa shape index (κ3) is 2.58. The minimum absolute atomic E-state index is 0.125. The van der Waals surface area contributed by atoms with E-state index in [4.69, 9.17) is 11.6 Å². The molecule has 0 aromatic heterocycles. The second kappa shape index (κ2) is 5.19. The van der Waals surface area contributed by atoms with E-state index in [1.165, 1.54) is 17.2 Å². The van der Waals surface area contributed by atoms with Crippen molar-refractivity contribution in [1.29, 1.82) is 0 Å². The van der Waals surface area contributed by atoms with E-state index in [0.29, 0.717) is 24.8 Å². The van der Waals surface area contributed by atoms with E-state index in [1.54, 1.807) is 12.1 Å². The van der Waals surface area contributed by atoms with Crippen molar-refractivity contribution in [3.05, 3.63) is 70.0 Å². The molecule has 1 aliphatic rings. The Morgan fingerprint density at radius 3 is 2.65 bits per heavy atom.